The van der Waals surface area contributed by atoms with E-state index in [2.05, 4.69) is 24.1 Å². The molecule has 0 radical (unpaired) electrons. The molecule has 5 heteroatoms. The average molecular weight is 299 g/mol. The van der Waals surface area contributed by atoms with Crippen LogP contribution in [0.15, 0.2) is 12.1 Å². The second kappa shape index (κ2) is 7.81. The Morgan fingerprint density at radius 2 is 2.15 bits per heavy atom. The fourth-order valence-corrected chi connectivity index (χ4v) is 2.27. The molecule has 2 rings (SSSR count). The van der Waals surface area contributed by atoms with Crippen LogP contribution in [0.3, 0.4) is 0 Å². The average Bonchev–Trinajstić information content (AvgIpc) is 2.43. The van der Waals surface area contributed by atoms with E-state index in [1.165, 1.54) is 0 Å². The summed E-state index contributed by atoms with van der Waals surface area (Å²) in [5.74, 6) is 1.26. The molecule has 0 atom stereocenters. The topological polar surface area (TPSA) is 43.4 Å². The number of ether oxygens (including phenoxy) is 2. The zero-order valence-electron chi connectivity index (χ0n) is 12.2. The first kappa shape index (κ1) is 15.5. The van der Waals surface area contributed by atoms with E-state index >= 15 is 0 Å². The van der Waals surface area contributed by atoms with Gasteiger partial charge in [0.25, 0.3) is 0 Å². The Labute approximate surface area is 125 Å². The van der Waals surface area contributed by atoms with E-state index in [4.69, 9.17) is 21.1 Å². The quantitative estimate of drug-likeness (QED) is 0.876. The van der Waals surface area contributed by atoms with Gasteiger partial charge in [0.2, 0.25) is 5.88 Å². The van der Waals surface area contributed by atoms with Crippen LogP contribution in [0.2, 0.25) is 5.02 Å². The van der Waals surface area contributed by atoms with Crippen molar-refractivity contribution in [3.05, 3.63) is 22.8 Å². The number of hydrogen-bond donors (Lipinski definition) is 1. The summed E-state index contributed by atoms with van der Waals surface area (Å²) < 4.78 is 11.2. The van der Waals surface area contributed by atoms with E-state index in [1.807, 2.05) is 12.1 Å². The zero-order chi connectivity index (χ0) is 14.4. The van der Waals surface area contributed by atoms with Crippen molar-refractivity contribution in [1.82, 2.24) is 10.3 Å². The fraction of sp³-hybridized carbons (Fsp3) is 0.667. The van der Waals surface area contributed by atoms with Crippen LogP contribution >= 0.6 is 11.6 Å². The Morgan fingerprint density at radius 3 is 2.85 bits per heavy atom. The van der Waals surface area contributed by atoms with E-state index < -0.39 is 0 Å². The van der Waals surface area contributed by atoms with Gasteiger partial charge in [-0.05, 0) is 18.5 Å². The molecule has 0 unspecified atom stereocenters. The lowest BCUT2D eigenvalue weighted by atomic mass is 10.1. The third-order valence-corrected chi connectivity index (χ3v) is 3.54. The predicted octanol–water partition coefficient (Wildman–Crippen LogP) is 3.04. The number of aromatic nitrogens is 1. The van der Waals surface area contributed by atoms with Gasteiger partial charge in [0, 0.05) is 25.5 Å². The van der Waals surface area contributed by atoms with Gasteiger partial charge in [-0.3, -0.25) is 0 Å². The second-order valence-corrected chi connectivity index (χ2v) is 5.94. The van der Waals surface area contributed by atoms with Crippen LogP contribution in [0.5, 0.6) is 5.88 Å². The Morgan fingerprint density at radius 1 is 1.40 bits per heavy atom. The number of hydrogen-bond acceptors (Lipinski definition) is 4. The van der Waals surface area contributed by atoms with Gasteiger partial charge in [0.15, 0.2) is 0 Å². The summed E-state index contributed by atoms with van der Waals surface area (Å²) in [7, 11) is 0. The van der Waals surface area contributed by atoms with E-state index in [1.54, 1.807) is 0 Å². The molecule has 0 aromatic carbocycles. The number of nitrogens with zero attached hydrogens (tertiary/aromatic N) is 1. The van der Waals surface area contributed by atoms with Gasteiger partial charge in [-0.15, -0.1) is 0 Å². The van der Waals surface area contributed by atoms with Crippen molar-refractivity contribution in [3.63, 3.8) is 0 Å². The third kappa shape index (κ3) is 4.93. The van der Waals surface area contributed by atoms with Crippen LogP contribution in [0.1, 0.15) is 32.4 Å². The normalized spacial score (nSPS) is 16.6. The van der Waals surface area contributed by atoms with Crippen molar-refractivity contribution >= 4 is 11.6 Å². The standard InChI is InChI=1S/C15H23ClN2O2/c1-11(2)9-17-10-14-13(16)3-4-15(18-14)20-12-5-7-19-8-6-12/h3-4,11-12,17H,5-10H2,1-2H3. The fourth-order valence-electron chi connectivity index (χ4n) is 2.10. The number of pyridine rings is 1. The summed E-state index contributed by atoms with van der Waals surface area (Å²) >= 11 is 6.18. The molecule has 1 aromatic rings. The lowest BCUT2D eigenvalue weighted by Gasteiger charge is -2.23. The minimum absolute atomic E-state index is 0.203. The highest BCUT2D eigenvalue weighted by molar-refractivity contribution is 6.31. The molecule has 0 amide bonds. The molecule has 1 aromatic heterocycles. The van der Waals surface area contributed by atoms with Gasteiger partial charge in [-0.1, -0.05) is 25.4 Å². The van der Waals surface area contributed by atoms with Crippen LogP contribution < -0.4 is 10.1 Å². The first-order chi connectivity index (χ1) is 9.65. The Bertz CT molecular complexity index is 420. The lowest BCUT2D eigenvalue weighted by Crippen LogP contribution is -2.26. The van der Waals surface area contributed by atoms with Crippen LogP contribution in [-0.2, 0) is 11.3 Å². The van der Waals surface area contributed by atoms with Crippen LogP contribution in [0, 0.1) is 5.92 Å². The van der Waals surface area contributed by atoms with Gasteiger partial charge in [-0.25, -0.2) is 4.98 Å². The SMILES string of the molecule is CC(C)CNCc1nc(OC2CCOCC2)ccc1Cl. The molecular weight excluding hydrogens is 276 g/mol. The second-order valence-electron chi connectivity index (χ2n) is 5.53. The monoisotopic (exact) mass is 298 g/mol. The molecule has 1 aliphatic rings. The van der Waals surface area contributed by atoms with E-state index in [-0.39, 0.29) is 6.10 Å². The highest BCUT2D eigenvalue weighted by atomic mass is 35.5. The molecule has 1 aliphatic heterocycles. The van der Waals surface area contributed by atoms with Crippen LogP contribution in [0.25, 0.3) is 0 Å². The van der Waals surface area contributed by atoms with Crippen molar-refractivity contribution < 1.29 is 9.47 Å². The summed E-state index contributed by atoms with van der Waals surface area (Å²) in [5.41, 5.74) is 0.844. The minimum Gasteiger partial charge on any atom is -0.474 e. The maximum absolute atomic E-state index is 6.18. The van der Waals surface area contributed by atoms with Gasteiger partial charge in [-0.2, -0.15) is 0 Å². The zero-order valence-corrected chi connectivity index (χ0v) is 12.9. The summed E-state index contributed by atoms with van der Waals surface area (Å²) in [6.07, 6.45) is 2.05. The van der Waals surface area contributed by atoms with E-state index in [0.29, 0.717) is 23.4 Å². The van der Waals surface area contributed by atoms with Crippen molar-refractivity contribution in [2.75, 3.05) is 19.8 Å². The van der Waals surface area contributed by atoms with Crippen molar-refractivity contribution in [1.29, 1.82) is 0 Å². The Kier molecular flexibility index (Phi) is 6.07. The van der Waals surface area contributed by atoms with E-state index in [9.17, 15) is 0 Å². The molecule has 0 saturated carbocycles. The molecule has 4 nitrogen and oxygen atoms in total. The minimum atomic E-state index is 0.203. The van der Waals surface area contributed by atoms with Crippen molar-refractivity contribution in [2.24, 2.45) is 5.92 Å². The van der Waals surface area contributed by atoms with Gasteiger partial charge < -0.3 is 14.8 Å². The Hall–Kier alpha value is -0.840. The molecule has 1 saturated heterocycles. The van der Waals surface area contributed by atoms with Crippen molar-refractivity contribution in [2.45, 2.75) is 39.3 Å². The summed E-state index contributed by atoms with van der Waals surface area (Å²) in [6, 6.07) is 3.69. The largest absolute Gasteiger partial charge is 0.474 e. The first-order valence-electron chi connectivity index (χ1n) is 7.25. The molecular formula is C15H23ClN2O2. The lowest BCUT2D eigenvalue weighted by molar-refractivity contribution is 0.0236. The summed E-state index contributed by atoms with van der Waals surface area (Å²) in [5, 5.41) is 4.03. The molecule has 0 spiro atoms. The first-order valence-corrected chi connectivity index (χ1v) is 7.63. The molecule has 0 aliphatic carbocycles. The maximum atomic E-state index is 6.18. The summed E-state index contributed by atoms with van der Waals surface area (Å²) in [4.78, 5) is 4.51. The highest BCUT2D eigenvalue weighted by Crippen LogP contribution is 2.21. The number of nitrogens with one attached hydrogen (secondary N) is 1. The predicted molar refractivity (Wildman–Crippen MR) is 80.3 cm³/mol. The van der Waals surface area contributed by atoms with Crippen molar-refractivity contribution in [3.8, 4) is 5.88 Å². The van der Waals surface area contributed by atoms with Crippen LogP contribution in [0.4, 0.5) is 0 Å². The molecule has 0 bridgehead atoms. The number of rotatable bonds is 6. The van der Waals surface area contributed by atoms with Gasteiger partial charge >= 0.3 is 0 Å². The molecule has 112 valence electrons. The smallest absolute Gasteiger partial charge is 0.213 e. The highest BCUT2D eigenvalue weighted by Gasteiger charge is 2.16. The van der Waals surface area contributed by atoms with E-state index in [0.717, 1.165) is 38.3 Å². The van der Waals surface area contributed by atoms with Crippen LogP contribution in [-0.4, -0.2) is 30.8 Å². The van der Waals surface area contributed by atoms with Gasteiger partial charge in [0.05, 0.1) is 23.9 Å². The summed E-state index contributed by atoms with van der Waals surface area (Å²) in [6.45, 7) is 7.49. The molecule has 2 heterocycles. The van der Waals surface area contributed by atoms with Gasteiger partial charge in [0.1, 0.15) is 6.10 Å². The molecule has 20 heavy (non-hydrogen) atoms. The molecule has 1 fully saturated rings. The Balaban J connectivity index is 1.92. The molecule has 1 N–H and O–H groups in total. The number of halogens is 1. The maximum Gasteiger partial charge on any atom is 0.213 e. The third-order valence-electron chi connectivity index (χ3n) is 3.19.